The molecule has 0 bridgehead atoms. The molecule has 11 nitrogen and oxygen atoms in total. The molecule has 0 spiro atoms. The molecular formula is C88H136N2O9. The van der Waals surface area contributed by atoms with Gasteiger partial charge in [0.2, 0.25) is 0 Å². The summed E-state index contributed by atoms with van der Waals surface area (Å²) in [6.07, 6.45) is 40.6. The lowest BCUT2D eigenvalue weighted by atomic mass is 10.2. The highest BCUT2D eigenvalue weighted by Crippen LogP contribution is 2.15. The van der Waals surface area contributed by atoms with Crippen LogP contribution < -0.4 is 0 Å². The second kappa shape index (κ2) is 83.4. The average Bonchev–Trinajstić information content (AvgIpc) is 1.81. The van der Waals surface area contributed by atoms with E-state index in [-0.39, 0.29) is 29.7 Å². The number of esters is 3. The number of hydrogen-bond donors (Lipinski definition) is 0. The first-order chi connectivity index (χ1) is 47.8. The van der Waals surface area contributed by atoms with Gasteiger partial charge in [-0.2, -0.15) is 0 Å². The fourth-order valence-corrected chi connectivity index (χ4v) is 7.02. The Balaban J connectivity index is -0.000000193. The molecule has 0 aliphatic carbocycles. The Morgan fingerprint density at radius 1 is 0.374 bits per heavy atom. The summed E-state index contributed by atoms with van der Waals surface area (Å²) in [7, 11) is 0. The molecule has 0 unspecified atom stereocenters. The smallest absolute Gasteiger partial charge is 0.333 e. The minimum atomic E-state index is -0.367. The van der Waals surface area contributed by atoms with E-state index in [0.717, 1.165) is 63.6 Å². The molecule has 2 aliphatic rings. The van der Waals surface area contributed by atoms with Crippen LogP contribution in [0.2, 0.25) is 0 Å². The van der Waals surface area contributed by atoms with Crippen molar-refractivity contribution in [2.75, 3.05) is 39.5 Å². The van der Waals surface area contributed by atoms with Gasteiger partial charge in [0.15, 0.2) is 0 Å². The molecule has 3 aromatic rings. The van der Waals surface area contributed by atoms with Gasteiger partial charge in [0.05, 0.1) is 32.7 Å². The number of amides is 2. The third-order valence-corrected chi connectivity index (χ3v) is 12.5. The zero-order valence-electron chi connectivity index (χ0n) is 64.2. The summed E-state index contributed by atoms with van der Waals surface area (Å²) in [5.41, 5.74) is 6.36. The van der Waals surface area contributed by atoms with Gasteiger partial charge in [-0.15, -0.1) is 19.7 Å². The molecule has 0 atom stereocenters. The van der Waals surface area contributed by atoms with Crippen molar-refractivity contribution in [3.8, 4) is 0 Å². The van der Waals surface area contributed by atoms with Crippen LogP contribution in [-0.4, -0.2) is 79.0 Å². The predicted octanol–water partition coefficient (Wildman–Crippen LogP) is 24.4. The highest BCUT2D eigenvalue weighted by Gasteiger charge is 2.18. The van der Waals surface area contributed by atoms with Crippen LogP contribution in [0.5, 0.6) is 0 Å². The van der Waals surface area contributed by atoms with Gasteiger partial charge in [0.25, 0.3) is 11.8 Å². The van der Waals surface area contributed by atoms with E-state index < -0.39 is 0 Å². The zero-order chi connectivity index (χ0) is 76.6. The third-order valence-electron chi connectivity index (χ3n) is 12.5. The van der Waals surface area contributed by atoms with E-state index in [9.17, 15) is 24.0 Å². The quantitative estimate of drug-likeness (QED) is 0.0141. The molecule has 0 saturated carbocycles. The van der Waals surface area contributed by atoms with Gasteiger partial charge in [-0.05, 0) is 127 Å². The van der Waals surface area contributed by atoms with Gasteiger partial charge in [-0.25, -0.2) is 14.4 Å². The summed E-state index contributed by atoms with van der Waals surface area (Å²) in [4.78, 5) is 58.6. The van der Waals surface area contributed by atoms with Crippen molar-refractivity contribution >= 4 is 48.0 Å². The second-order valence-corrected chi connectivity index (χ2v) is 21.1. The fraction of sp³-hybridized carbons (Fsp3) is 0.420. The van der Waals surface area contributed by atoms with Crippen LogP contribution in [0.1, 0.15) is 222 Å². The number of allylic oxidation sites excluding steroid dienone is 5. The average molecular weight is 1370 g/mol. The predicted molar refractivity (Wildman–Crippen MR) is 432 cm³/mol. The Labute approximate surface area is 605 Å². The topological polar surface area (TPSA) is 129 Å². The number of nitrogens with zero attached hydrogens (tertiary/aromatic N) is 2. The molecule has 2 aliphatic heterocycles. The molecule has 11 heteroatoms. The van der Waals surface area contributed by atoms with Crippen LogP contribution in [0.3, 0.4) is 0 Å². The van der Waals surface area contributed by atoms with Crippen molar-refractivity contribution in [2.24, 2.45) is 0 Å². The molecule has 0 fully saturated rings. The number of rotatable bonds is 35. The summed E-state index contributed by atoms with van der Waals surface area (Å²) < 4.78 is 19.6. The maximum Gasteiger partial charge on any atom is 0.333 e. The number of benzene rings is 3. The first kappa shape index (κ1) is 104. The van der Waals surface area contributed by atoms with Gasteiger partial charge < -0.3 is 28.7 Å². The van der Waals surface area contributed by atoms with Crippen molar-refractivity contribution < 1.29 is 42.9 Å². The van der Waals surface area contributed by atoms with Crippen LogP contribution in [0.15, 0.2) is 247 Å². The van der Waals surface area contributed by atoms with Crippen LogP contribution in [-0.2, 0) is 42.9 Å². The minimum Gasteiger partial charge on any atom is -0.502 e. The molecule has 0 radical (unpaired) electrons. The number of carbonyl (C=O) groups is 5. The SMILES string of the molecule is C=C(C)C(=O)OCCCCN1C(=C)C=CC1=O.C=C1C=CC(=O)N1CCCCC.C=CCCCCC.C=CCCCCCC.C=CCCCCOC(=O)C(=C)C.C=COCCCCOC(=O)C(=C)C.C=Cc1ccccc1.C=Cc1ccccc1.C=Cc1ccccc1.CC.CC.CC. The van der Waals surface area contributed by atoms with E-state index in [1.165, 1.54) is 99.7 Å². The Kier molecular flexibility index (Phi) is 87.3. The van der Waals surface area contributed by atoms with E-state index >= 15 is 0 Å². The second-order valence-electron chi connectivity index (χ2n) is 21.1. The van der Waals surface area contributed by atoms with Gasteiger partial charge in [0.1, 0.15) is 0 Å². The molecule has 0 saturated heterocycles. The first-order valence-corrected chi connectivity index (χ1v) is 35.7. The number of unbranched alkanes of at least 4 members (excludes halogenated alkanes) is 13. The van der Waals surface area contributed by atoms with Crippen molar-refractivity contribution in [3.05, 3.63) is 264 Å². The minimum absolute atomic E-state index is 0.0334. The molecule has 0 N–H and O–H groups in total. The molecule has 2 heterocycles. The number of hydrogen-bond acceptors (Lipinski definition) is 9. The largest absolute Gasteiger partial charge is 0.502 e. The van der Waals surface area contributed by atoms with Crippen LogP contribution in [0.4, 0.5) is 0 Å². The molecule has 99 heavy (non-hydrogen) atoms. The summed E-state index contributed by atoms with van der Waals surface area (Å²) in [6, 6.07) is 30.1. The molecule has 552 valence electrons. The van der Waals surface area contributed by atoms with Gasteiger partial charge in [-0.3, -0.25) is 9.59 Å². The maximum atomic E-state index is 11.3. The Morgan fingerprint density at radius 2 is 0.636 bits per heavy atom. The van der Waals surface area contributed by atoms with Crippen molar-refractivity contribution in [1.29, 1.82) is 0 Å². The highest BCUT2D eigenvalue weighted by molar-refractivity contribution is 5.93. The summed E-state index contributed by atoms with van der Waals surface area (Å²) in [5, 5.41) is 0. The van der Waals surface area contributed by atoms with E-state index in [4.69, 9.17) is 18.9 Å². The summed E-state index contributed by atoms with van der Waals surface area (Å²) in [5.74, 6) is -0.948. The molecule has 5 rings (SSSR count). The van der Waals surface area contributed by atoms with Crippen LogP contribution >= 0.6 is 0 Å². The zero-order valence-corrected chi connectivity index (χ0v) is 64.2. The molecular weight excluding hydrogens is 1230 g/mol. The fourth-order valence-electron chi connectivity index (χ4n) is 7.02. The molecule has 0 aromatic heterocycles. The van der Waals surface area contributed by atoms with E-state index in [1.54, 1.807) is 48.8 Å². The Bertz CT molecular complexity index is 2510. The number of carbonyl (C=O) groups excluding carboxylic acids is 5. The van der Waals surface area contributed by atoms with E-state index in [2.05, 4.69) is 99.7 Å². The van der Waals surface area contributed by atoms with Crippen LogP contribution in [0.25, 0.3) is 18.2 Å². The standard InChI is InChI=1S/C13H17NO3.C10H15NO.C10H16O3.C10H16O2.3C8H8.C8H16.C7H14.3C2H6/c1-10(2)13(16)17-9-5-4-8-14-11(3)6-7-12(14)15;1-3-4-5-8-11-9(2)6-7-10(11)12;1-4-12-7-5-6-8-13-10(11)9(2)3;1-4-5-6-7-8-12-10(11)9(2)3;3*1-2-8-6-4-3-5-7-8;1-3-5-7-8-6-4-2;1-3-5-7-6-4-2;3*1-2/h6-7H,1,3-5,8-9H2,2H3;6-7H,2-5,8H2,1H3;4H,1-2,5-8H2,3H3;4H,1-2,5-8H2,3H3;3*2-7H,1H2;3H,1,4-8H2,2H3;3H,1,4-7H2,2H3;3*1-2H3. The molecule has 2 amide bonds. The van der Waals surface area contributed by atoms with Crippen molar-refractivity contribution in [3.63, 3.8) is 0 Å². The van der Waals surface area contributed by atoms with Gasteiger partial charge in [0, 0.05) is 53.4 Å². The van der Waals surface area contributed by atoms with Gasteiger partial charge >= 0.3 is 17.9 Å². The van der Waals surface area contributed by atoms with Gasteiger partial charge in [-0.1, -0.05) is 294 Å². The van der Waals surface area contributed by atoms with Crippen molar-refractivity contribution in [2.45, 2.75) is 205 Å². The van der Waals surface area contributed by atoms with Crippen LogP contribution in [0, 0.1) is 0 Å². The molecule has 3 aromatic carbocycles. The summed E-state index contributed by atoms with van der Waals surface area (Å²) >= 11 is 0. The van der Waals surface area contributed by atoms with E-state index in [1.807, 2.05) is 169 Å². The third kappa shape index (κ3) is 73.3. The Morgan fingerprint density at radius 3 is 0.899 bits per heavy atom. The lowest BCUT2D eigenvalue weighted by Gasteiger charge is -2.16. The lowest BCUT2D eigenvalue weighted by molar-refractivity contribution is -0.140. The van der Waals surface area contributed by atoms with Crippen molar-refractivity contribution in [1.82, 2.24) is 9.80 Å². The van der Waals surface area contributed by atoms with E-state index in [0.29, 0.717) is 55.4 Å². The monoisotopic (exact) mass is 1370 g/mol. The number of ether oxygens (including phenoxy) is 4. The lowest BCUT2D eigenvalue weighted by Crippen LogP contribution is -2.24. The normalized spacial score (nSPS) is 10.3. The highest BCUT2D eigenvalue weighted by atomic mass is 16.5. The Hall–Kier alpha value is -8.83. The maximum absolute atomic E-state index is 11.3. The summed E-state index contributed by atoms with van der Waals surface area (Å²) in [6.45, 7) is 70.0. The first-order valence-electron chi connectivity index (χ1n) is 35.7.